The molecule has 100 valence electrons. The summed E-state index contributed by atoms with van der Waals surface area (Å²) >= 11 is 1.74. The average molecular weight is 272 g/mol. The highest BCUT2D eigenvalue weighted by molar-refractivity contribution is 7.07. The average Bonchev–Trinajstić information content (AvgIpc) is 3.13. The molecule has 2 aromatic rings. The van der Waals surface area contributed by atoms with Crippen LogP contribution in [0.1, 0.15) is 42.9 Å². The Morgan fingerprint density at radius 3 is 2.42 bits per heavy atom. The van der Waals surface area contributed by atoms with Gasteiger partial charge in [0.15, 0.2) is 0 Å². The van der Waals surface area contributed by atoms with E-state index in [2.05, 4.69) is 52.6 Å². The topological polar surface area (TPSA) is 38.0 Å². The van der Waals surface area contributed by atoms with Gasteiger partial charge < -0.3 is 0 Å². The molecule has 1 aliphatic rings. The van der Waals surface area contributed by atoms with Gasteiger partial charge in [0, 0.05) is 5.41 Å². The van der Waals surface area contributed by atoms with E-state index in [1.165, 1.54) is 36.8 Å². The van der Waals surface area contributed by atoms with Crippen molar-refractivity contribution < 1.29 is 0 Å². The minimum Gasteiger partial charge on any atom is -0.271 e. The van der Waals surface area contributed by atoms with Gasteiger partial charge in [-0.2, -0.15) is 11.3 Å². The van der Waals surface area contributed by atoms with Gasteiger partial charge in [-0.25, -0.2) is 0 Å². The molecule has 3 N–H and O–H groups in total. The lowest BCUT2D eigenvalue weighted by Crippen LogP contribution is -2.43. The first-order chi connectivity index (χ1) is 9.37. The summed E-state index contributed by atoms with van der Waals surface area (Å²) in [5.74, 6) is 5.92. The van der Waals surface area contributed by atoms with Crippen molar-refractivity contribution in [2.45, 2.75) is 37.1 Å². The fraction of sp³-hybridized carbons (Fsp3) is 0.375. The van der Waals surface area contributed by atoms with Gasteiger partial charge in [-0.05, 0) is 40.8 Å². The molecule has 19 heavy (non-hydrogen) atoms. The van der Waals surface area contributed by atoms with E-state index in [0.717, 1.165) is 0 Å². The van der Waals surface area contributed by atoms with Crippen molar-refractivity contribution in [1.29, 1.82) is 0 Å². The van der Waals surface area contributed by atoms with Crippen LogP contribution < -0.4 is 11.3 Å². The summed E-state index contributed by atoms with van der Waals surface area (Å²) in [5, 5.41) is 4.35. The third-order valence-corrected chi connectivity index (χ3v) is 5.14. The first kappa shape index (κ1) is 12.9. The molecule has 0 aliphatic heterocycles. The van der Waals surface area contributed by atoms with Gasteiger partial charge in [0.25, 0.3) is 0 Å². The number of thiophene rings is 1. The van der Waals surface area contributed by atoms with Gasteiger partial charge in [0.2, 0.25) is 0 Å². The van der Waals surface area contributed by atoms with Crippen molar-refractivity contribution in [2.24, 2.45) is 5.84 Å². The molecule has 0 amide bonds. The first-order valence-corrected chi connectivity index (χ1v) is 7.85. The van der Waals surface area contributed by atoms with Crippen LogP contribution in [0.4, 0.5) is 0 Å². The normalized spacial score (nSPS) is 19.4. The van der Waals surface area contributed by atoms with E-state index in [0.29, 0.717) is 0 Å². The molecular weight excluding hydrogens is 252 g/mol. The Hall–Kier alpha value is -1.16. The Balaban J connectivity index is 2.05. The second-order valence-corrected chi connectivity index (χ2v) is 6.17. The molecular formula is C16H20N2S. The molecule has 3 heteroatoms. The van der Waals surface area contributed by atoms with Crippen molar-refractivity contribution in [3.05, 3.63) is 58.3 Å². The zero-order valence-corrected chi connectivity index (χ0v) is 11.8. The number of rotatable bonds is 4. The lowest BCUT2D eigenvalue weighted by Gasteiger charge is -2.37. The quantitative estimate of drug-likeness (QED) is 0.657. The molecule has 0 spiro atoms. The molecule has 0 bridgehead atoms. The van der Waals surface area contributed by atoms with Crippen molar-refractivity contribution in [2.75, 3.05) is 0 Å². The smallest absolute Gasteiger partial charge is 0.0564 e. The van der Waals surface area contributed by atoms with Crippen LogP contribution in [0.15, 0.2) is 47.2 Å². The van der Waals surface area contributed by atoms with Gasteiger partial charge in [0.1, 0.15) is 0 Å². The maximum absolute atomic E-state index is 5.92. The van der Waals surface area contributed by atoms with Gasteiger partial charge in [-0.3, -0.25) is 11.3 Å². The molecule has 1 aromatic heterocycles. The highest BCUT2D eigenvalue weighted by atomic mass is 32.1. The lowest BCUT2D eigenvalue weighted by atomic mass is 9.71. The standard InChI is InChI=1S/C16H20N2S/c17-18-15(13-8-11-19-12-13)16(9-4-5-10-16)14-6-2-1-3-7-14/h1-3,6-8,11-12,15,18H,4-5,9-10,17H2. The number of nitrogens with two attached hydrogens (primary N) is 1. The predicted molar refractivity (Wildman–Crippen MR) is 81.0 cm³/mol. The molecule has 1 aliphatic carbocycles. The third-order valence-electron chi connectivity index (χ3n) is 4.44. The Morgan fingerprint density at radius 1 is 1.11 bits per heavy atom. The van der Waals surface area contributed by atoms with Crippen molar-refractivity contribution in [3.63, 3.8) is 0 Å². The Kier molecular flexibility index (Phi) is 3.69. The Labute approximate surface area is 118 Å². The fourth-order valence-corrected chi connectivity index (χ4v) is 4.22. The predicted octanol–water partition coefficient (Wildman–Crippen LogP) is 3.76. The van der Waals surface area contributed by atoms with Gasteiger partial charge in [-0.1, -0.05) is 43.2 Å². The largest absolute Gasteiger partial charge is 0.271 e. The summed E-state index contributed by atoms with van der Waals surface area (Å²) in [7, 11) is 0. The van der Waals surface area contributed by atoms with Gasteiger partial charge in [0.05, 0.1) is 6.04 Å². The summed E-state index contributed by atoms with van der Waals surface area (Å²) in [6.07, 6.45) is 5.00. The summed E-state index contributed by atoms with van der Waals surface area (Å²) < 4.78 is 0. The first-order valence-electron chi connectivity index (χ1n) is 6.90. The molecule has 1 aromatic carbocycles. The monoisotopic (exact) mass is 272 g/mol. The third kappa shape index (κ3) is 2.22. The molecule has 0 saturated heterocycles. The fourth-order valence-electron chi connectivity index (χ4n) is 3.53. The molecule has 0 radical (unpaired) electrons. The zero-order valence-electron chi connectivity index (χ0n) is 11.0. The van der Waals surface area contributed by atoms with Crippen LogP contribution in [0.3, 0.4) is 0 Å². The SMILES string of the molecule is NNC(c1ccsc1)C1(c2ccccc2)CCCC1. The second kappa shape index (κ2) is 5.45. The summed E-state index contributed by atoms with van der Waals surface area (Å²) in [4.78, 5) is 0. The summed E-state index contributed by atoms with van der Waals surface area (Å²) in [6, 6.07) is 13.3. The second-order valence-electron chi connectivity index (χ2n) is 5.39. The van der Waals surface area contributed by atoms with Crippen LogP contribution in [0.2, 0.25) is 0 Å². The van der Waals surface area contributed by atoms with Gasteiger partial charge >= 0.3 is 0 Å². The number of hydrogen-bond acceptors (Lipinski definition) is 3. The Morgan fingerprint density at radius 2 is 1.84 bits per heavy atom. The zero-order chi connectivity index (χ0) is 13.1. The van der Waals surface area contributed by atoms with E-state index in [1.54, 1.807) is 11.3 Å². The van der Waals surface area contributed by atoms with Crippen LogP contribution in [0.5, 0.6) is 0 Å². The number of benzene rings is 1. The number of hydrogen-bond donors (Lipinski definition) is 2. The van der Waals surface area contributed by atoms with Crippen LogP contribution >= 0.6 is 11.3 Å². The molecule has 1 heterocycles. The maximum atomic E-state index is 5.92. The number of nitrogens with one attached hydrogen (secondary N) is 1. The molecule has 1 fully saturated rings. The molecule has 1 unspecified atom stereocenters. The maximum Gasteiger partial charge on any atom is 0.0564 e. The summed E-state index contributed by atoms with van der Waals surface area (Å²) in [5.41, 5.74) is 5.98. The highest BCUT2D eigenvalue weighted by Crippen LogP contribution is 2.49. The van der Waals surface area contributed by atoms with E-state index < -0.39 is 0 Å². The molecule has 3 rings (SSSR count). The molecule has 2 nitrogen and oxygen atoms in total. The van der Waals surface area contributed by atoms with Crippen LogP contribution in [0.25, 0.3) is 0 Å². The minimum atomic E-state index is 0.150. The molecule has 1 saturated carbocycles. The van der Waals surface area contributed by atoms with E-state index in [9.17, 15) is 0 Å². The van der Waals surface area contributed by atoms with E-state index in [1.807, 2.05) is 0 Å². The lowest BCUT2D eigenvalue weighted by molar-refractivity contribution is 0.304. The molecule has 1 atom stereocenters. The minimum absolute atomic E-state index is 0.150. The number of hydrazine groups is 1. The van der Waals surface area contributed by atoms with E-state index in [4.69, 9.17) is 5.84 Å². The van der Waals surface area contributed by atoms with Crippen LogP contribution in [-0.4, -0.2) is 0 Å². The summed E-state index contributed by atoms with van der Waals surface area (Å²) in [6.45, 7) is 0. The van der Waals surface area contributed by atoms with Crippen molar-refractivity contribution in [1.82, 2.24) is 5.43 Å². The van der Waals surface area contributed by atoms with Crippen molar-refractivity contribution in [3.8, 4) is 0 Å². The van der Waals surface area contributed by atoms with Crippen LogP contribution in [-0.2, 0) is 5.41 Å². The Bertz CT molecular complexity index is 501. The van der Waals surface area contributed by atoms with E-state index in [-0.39, 0.29) is 11.5 Å². The van der Waals surface area contributed by atoms with Gasteiger partial charge in [-0.15, -0.1) is 0 Å². The van der Waals surface area contributed by atoms with Crippen LogP contribution in [0, 0.1) is 0 Å². The van der Waals surface area contributed by atoms with E-state index >= 15 is 0 Å². The highest BCUT2D eigenvalue weighted by Gasteiger charge is 2.43. The van der Waals surface area contributed by atoms with Crippen molar-refractivity contribution >= 4 is 11.3 Å².